The van der Waals surface area contributed by atoms with Crippen LogP contribution in [0.3, 0.4) is 0 Å². The van der Waals surface area contributed by atoms with Gasteiger partial charge in [0.15, 0.2) is 17.5 Å². The van der Waals surface area contributed by atoms with E-state index < -0.39 is 0 Å². The molecule has 28 aromatic rings. The summed E-state index contributed by atoms with van der Waals surface area (Å²) in [5, 5.41) is 25.6. The van der Waals surface area contributed by atoms with Gasteiger partial charge in [0, 0.05) is 98.9 Å². The van der Waals surface area contributed by atoms with E-state index in [0.29, 0.717) is 17.5 Å². The molecule has 12 heteroatoms. The molecule has 0 aliphatic carbocycles. The van der Waals surface area contributed by atoms with Gasteiger partial charge in [-0.25, -0.2) is 29.9 Å². The van der Waals surface area contributed by atoms with Gasteiger partial charge in [0.25, 0.3) is 0 Å². The summed E-state index contributed by atoms with van der Waals surface area (Å²) in [4.78, 5) is 29.7. The van der Waals surface area contributed by atoms with Crippen LogP contribution in [-0.2, 0) is 0 Å². The van der Waals surface area contributed by atoms with Crippen LogP contribution in [0, 0.1) is 0 Å². The zero-order chi connectivity index (χ0) is 86.9. The number of benzene rings is 21. The van der Waals surface area contributed by atoms with Crippen molar-refractivity contribution >= 4 is 195 Å². The Morgan fingerprint density at radius 1 is 0.159 bits per heavy atom. The Bertz CT molecular complexity index is 9400. The normalized spacial score (nSPS) is 11.8. The molecule has 616 valence electrons. The Labute approximate surface area is 769 Å². The maximum atomic E-state index is 5.05. The Hall–Kier alpha value is -16.7. The van der Waals surface area contributed by atoms with E-state index in [1.165, 1.54) is 161 Å². The molecule has 0 aliphatic heterocycles. The van der Waals surface area contributed by atoms with E-state index in [0.717, 1.165) is 76.2 Å². The second-order valence-corrected chi connectivity index (χ2v) is 36.5. The zero-order valence-electron chi connectivity index (χ0n) is 70.9. The predicted octanol–water partition coefficient (Wildman–Crippen LogP) is 33.0. The van der Waals surface area contributed by atoms with Crippen LogP contribution in [0.15, 0.2) is 443 Å². The molecule has 0 N–H and O–H groups in total. The van der Waals surface area contributed by atoms with Crippen molar-refractivity contribution in [1.82, 2.24) is 43.6 Å². The van der Waals surface area contributed by atoms with Gasteiger partial charge in [-0.1, -0.05) is 334 Å². The highest BCUT2D eigenvalue weighted by Gasteiger charge is 2.24. The first-order chi connectivity index (χ1) is 65.4. The molecule has 0 radical (unpaired) electrons. The summed E-state index contributed by atoms with van der Waals surface area (Å²) in [6.45, 7) is 0. The molecule has 0 saturated heterocycles. The Morgan fingerprint density at radius 2 is 0.455 bits per heavy atom. The van der Waals surface area contributed by atoms with Crippen LogP contribution in [-0.4, -0.2) is 43.6 Å². The number of fused-ring (bicyclic) bond motifs is 24. The molecular formula is C120H73N9S3. The summed E-state index contributed by atoms with van der Waals surface area (Å²) < 4.78 is 10.9. The van der Waals surface area contributed by atoms with E-state index in [1.807, 2.05) is 66.7 Å². The molecule has 0 spiro atoms. The number of rotatable bonds is 10. The van der Waals surface area contributed by atoms with Crippen LogP contribution in [0.5, 0.6) is 0 Å². The molecule has 21 aromatic carbocycles. The predicted molar refractivity (Wildman–Crippen MR) is 558 cm³/mol. The molecule has 28 rings (SSSR count). The highest BCUT2D eigenvalue weighted by atomic mass is 32.1. The summed E-state index contributed by atoms with van der Waals surface area (Å²) in [7, 11) is 0. The Kier molecular flexibility index (Phi) is 18.3. The highest BCUT2D eigenvalue weighted by molar-refractivity contribution is 7.23. The van der Waals surface area contributed by atoms with Crippen LogP contribution < -0.4 is 0 Å². The SMILES string of the molecule is c1ccc(-c2nc(-c3ccccc3)nc(-c3ccc4c(ccc5ccc6nc(-c7ccccc7)sc6c54)c3)n2)cc1.c1ccc(-c2nc3ccc4ccc5cc(-c6ccc7c(c6)c6ccccc6n7-c6ccccc6)ccc5c4c3s2)cc1.c1ccc(-c2nc3ccc4ccc5cc(-n6c7ccccc7c7cc8c9ccccc9n(-c9ccccc9)c8cc76)ccc5c4c3s2)cc1. The third kappa shape index (κ3) is 13.1. The van der Waals surface area contributed by atoms with Gasteiger partial charge in [0.1, 0.15) is 15.0 Å². The first-order valence-corrected chi connectivity index (χ1v) is 46.8. The molecule has 7 aromatic heterocycles. The summed E-state index contributed by atoms with van der Waals surface area (Å²) in [6.07, 6.45) is 0. The molecular weight excluding hydrogens is 1660 g/mol. The molecule has 0 aliphatic rings. The monoisotopic (exact) mass is 1740 g/mol. The van der Waals surface area contributed by atoms with Crippen LogP contribution in [0.4, 0.5) is 0 Å². The Morgan fingerprint density at radius 3 is 0.879 bits per heavy atom. The lowest BCUT2D eigenvalue weighted by Crippen LogP contribution is -2.00. The molecule has 7 heterocycles. The maximum Gasteiger partial charge on any atom is 0.164 e. The third-order valence-corrected chi connectivity index (χ3v) is 29.2. The smallest absolute Gasteiger partial charge is 0.164 e. The number of hydrogen-bond donors (Lipinski definition) is 0. The first kappa shape index (κ1) is 76.5. The molecule has 0 atom stereocenters. The molecule has 0 bridgehead atoms. The Balaban J connectivity index is 0.000000104. The lowest BCUT2D eigenvalue weighted by molar-refractivity contribution is 1.07. The second kappa shape index (κ2) is 31.6. The lowest BCUT2D eigenvalue weighted by Gasteiger charge is -2.12. The van der Waals surface area contributed by atoms with E-state index in [4.69, 9.17) is 29.9 Å². The van der Waals surface area contributed by atoms with Gasteiger partial charge in [0.05, 0.1) is 63.8 Å². The summed E-state index contributed by atoms with van der Waals surface area (Å²) in [6, 6.07) is 158. The largest absolute Gasteiger partial charge is 0.309 e. The van der Waals surface area contributed by atoms with Crippen molar-refractivity contribution in [2.45, 2.75) is 0 Å². The second-order valence-electron chi connectivity index (χ2n) is 33.6. The van der Waals surface area contributed by atoms with E-state index in [1.54, 1.807) is 34.0 Å². The van der Waals surface area contributed by atoms with Crippen molar-refractivity contribution in [3.8, 4) is 94.1 Å². The van der Waals surface area contributed by atoms with E-state index in [2.05, 4.69) is 390 Å². The number of thiazole rings is 3. The molecule has 9 nitrogen and oxygen atoms in total. The highest BCUT2D eigenvalue weighted by Crippen LogP contribution is 2.47. The van der Waals surface area contributed by atoms with Crippen molar-refractivity contribution in [3.63, 3.8) is 0 Å². The topological polar surface area (TPSA) is 92.1 Å². The van der Waals surface area contributed by atoms with Crippen molar-refractivity contribution < 1.29 is 0 Å². The molecule has 132 heavy (non-hydrogen) atoms. The van der Waals surface area contributed by atoms with Crippen molar-refractivity contribution in [3.05, 3.63) is 443 Å². The average molecular weight is 1740 g/mol. The van der Waals surface area contributed by atoms with Crippen LogP contribution in [0.2, 0.25) is 0 Å². The van der Waals surface area contributed by atoms with E-state index in [9.17, 15) is 0 Å². The summed E-state index contributed by atoms with van der Waals surface area (Å²) >= 11 is 5.32. The fourth-order valence-electron chi connectivity index (χ4n) is 19.7. The number of para-hydroxylation sites is 5. The fraction of sp³-hybridized carbons (Fsp3) is 0. The molecule has 0 saturated carbocycles. The first-order valence-electron chi connectivity index (χ1n) is 44.3. The number of hydrogen-bond acceptors (Lipinski definition) is 9. The third-order valence-electron chi connectivity index (χ3n) is 25.8. The van der Waals surface area contributed by atoms with Crippen LogP contribution >= 0.6 is 34.0 Å². The van der Waals surface area contributed by atoms with Crippen LogP contribution in [0.1, 0.15) is 0 Å². The van der Waals surface area contributed by atoms with Crippen molar-refractivity contribution in [1.29, 1.82) is 0 Å². The van der Waals surface area contributed by atoms with Gasteiger partial charge in [-0.15, -0.1) is 34.0 Å². The van der Waals surface area contributed by atoms with Gasteiger partial charge in [-0.05, 0) is 169 Å². The van der Waals surface area contributed by atoms with Crippen molar-refractivity contribution in [2.24, 2.45) is 0 Å². The lowest BCUT2D eigenvalue weighted by atomic mass is 9.96. The zero-order valence-corrected chi connectivity index (χ0v) is 73.3. The summed E-state index contributed by atoms with van der Waals surface area (Å²) in [5.74, 6) is 1.97. The fourth-order valence-corrected chi connectivity index (χ4v) is 23.1. The van der Waals surface area contributed by atoms with E-state index in [-0.39, 0.29) is 0 Å². The summed E-state index contributed by atoms with van der Waals surface area (Å²) in [5.41, 5.74) is 22.7. The van der Waals surface area contributed by atoms with Crippen molar-refractivity contribution in [2.75, 3.05) is 0 Å². The van der Waals surface area contributed by atoms with E-state index >= 15 is 0 Å². The van der Waals surface area contributed by atoms with Gasteiger partial charge >= 0.3 is 0 Å². The standard InChI is InChI=1S/C45H27N3S.C39H24N2S.C36H22N4S/c1-3-11-29(12-4-1)45-46-38-24-21-28-19-20-30-25-32(22-23-33(30)43(28)44(38)49-45)48-40-18-10-8-16-35(40)37-26-36-34-15-7-9-17-39(34)47(41(36)27-42(37)48)31-13-5-2-6-14-31;1-3-9-26(10-4-1)39-40-34-21-18-25-15-16-29-23-27(17-20-31(29)37(25)38(34)42-39)28-19-22-36-33(24-28)32-13-7-8-14-35(32)41(36)30-11-5-2-6-12-30;1-4-10-24(11-5-1)33-38-34(25-12-6-2-7-13-25)40-35(39-33)28-18-20-29-27(22-28)17-16-23-19-21-30-32(31(23)29)41-36(37-30)26-14-8-3-9-15-26/h1-27H;1-24H;1-22H. The quantitative estimate of drug-likeness (QED) is 0.127. The minimum Gasteiger partial charge on any atom is -0.309 e. The molecule has 0 amide bonds. The van der Waals surface area contributed by atoms with Gasteiger partial charge < -0.3 is 13.7 Å². The number of aromatic nitrogens is 9. The minimum atomic E-state index is 0.655. The molecule has 0 unspecified atom stereocenters. The van der Waals surface area contributed by atoms with Gasteiger partial charge in [-0.2, -0.15) is 0 Å². The molecule has 0 fully saturated rings. The maximum absolute atomic E-state index is 5.05. The van der Waals surface area contributed by atoms with Gasteiger partial charge in [-0.3, -0.25) is 0 Å². The minimum absolute atomic E-state index is 0.655. The van der Waals surface area contributed by atoms with Gasteiger partial charge in [0.2, 0.25) is 0 Å². The van der Waals surface area contributed by atoms with Crippen LogP contribution in [0.25, 0.3) is 255 Å². The average Bonchev–Trinajstić information content (AvgIpc) is 1.56. The number of nitrogens with zero attached hydrogens (tertiary/aromatic N) is 9.